The van der Waals surface area contributed by atoms with Crippen LogP contribution in [-0.2, 0) is 16.1 Å². The lowest BCUT2D eigenvalue weighted by Gasteiger charge is -2.14. The lowest BCUT2D eigenvalue weighted by atomic mass is 10.1. The van der Waals surface area contributed by atoms with Crippen molar-refractivity contribution in [2.45, 2.75) is 19.4 Å². The molecule has 0 aromatic heterocycles. The van der Waals surface area contributed by atoms with E-state index < -0.39 is 17.7 Å². The number of rotatable bonds is 6. The molecule has 2 aromatic carbocycles. The summed E-state index contributed by atoms with van der Waals surface area (Å²) in [6.07, 6.45) is -0.171. The predicted molar refractivity (Wildman–Crippen MR) is 92.6 cm³/mol. The Kier molecular flexibility index (Phi) is 5.07. The van der Waals surface area contributed by atoms with E-state index in [0.29, 0.717) is 11.6 Å². The Bertz CT molecular complexity index is 829. The third-order valence-electron chi connectivity index (χ3n) is 3.94. The van der Waals surface area contributed by atoms with Gasteiger partial charge in [-0.25, -0.2) is 0 Å². The van der Waals surface area contributed by atoms with Crippen LogP contribution in [0.1, 0.15) is 39.1 Å². The molecule has 0 saturated carbocycles. The molecule has 0 fully saturated rings. The van der Waals surface area contributed by atoms with Gasteiger partial charge in [-0.3, -0.25) is 24.6 Å². The highest BCUT2D eigenvalue weighted by molar-refractivity contribution is 6.21. The maximum Gasteiger partial charge on any atom is 0.280 e. The normalized spacial score (nSPS) is 12.7. The maximum atomic E-state index is 12.2. The molecule has 1 aliphatic heterocycles. The fourth-order valence-corrected chi connectivity index (χ4v) is 2.58. The zero-order valence-electron chi connectivity index (χ0n) is 13.9. The van der Waals surface area contributed by atoms with Crippen molar-refractivity contribution < 1.29 is 19.2 Å². The predicted octanol–water partition coefficient (Wildman–Crippen LogP) is 1.41. The summed E-state index contributed by atoms with van der Waals surface area (Å²) in [4.78, 5) is 48.1. The van der Waals surface area contributed by atoms with Gasteiger partial charge in [-0.05, 0) is 17.7 Å². The van der Waals surface area contributed by atoms with E-state index in [2.05, 4.69) is 10.7 Å². The molecule has 1 heterocycles. The first-order chi connectivity index (χ1) is 12.6. The minimum atomic E-state index is -0.576. The summed E-state index contributed by atoms with van der Waals surface area (Å²) in [6, 6.07) is 15.7. The van der Waals surface area contributed by atoms with E-state index in [1.54, 1.807) is 12.1 Å². The van der Waals surface area contributed by atoms with Crippen molar-refractivity contribution in [2.24, 2.45) is 0 Å². The number of nitrogens with one attached hydrogen (secondary N) is 2. The number of hydrogen-bond acceptors (Lipinski definition) is 4. The van der Waals surface area contributed by atoms with E-state index in [1.807, 2.05) is 30.3 Å². The second kappa shape index (κ2) is 7.60. The highest BCUT2D eigenvalue weighted by atomic mass is 16.2. The highest BCUT2D eigenvalue weighted by Crippen LogP contribution is 2.20. The maximum absolute atomic E-state index is 12.2. The fourth-order valence-electron chi connectivity index (χ4n) is 2.58. The average Bonchev–Trinajstić information content (AvgIpc) is 2.91. The lowest BCUT2D eigenvalue weighted by molar-refractivity contribution is -0.128. The zero-order chi connectivity index (χ0) is 18.5. The first-order valence-electron chi connectivity index (χ1n) is 8.14. The zero-order valence-corrected chi connectivity index (χ0v) is 13.9. The van der Waals surface area contributed by atoms with Gasteiger partial charge in [0.05, 0.1) is 11.1 Å². The van der Waals surface area contributed by atoms with Crippen LogP contribution in [0.25, 0.3) is 0 Å². The summed E-state index contributed by atoms with van der Waals surface area (Å²) in [5, 5.41) is 3.40. The molecule has 4 amide bonds. The van der Waals surface area contributed by atoms with Crippen molar-refractivity contribution in [3.05, 3.63) is 71.3 Å². The molecular weight excluding hydrogens is 334 g/mol. The SMILES string of the molecule is O=C(CCC(=O)NN1C(=O)c2ccccc2C1=O)NCc1ccccc1. The number of benzene rings is 2. The standard InChI is InChI=1S/C19H17N3O4/c23-16(20-12-13-6-2-1-3-7-13)10-11-17(24)21-22-18(25)14-8-4-5-9-15(14)19(22)26/h1-9H,10-12H2,(H,20,23)(H,21,24). The molecule has 0 atom stereocenters. The number of fused-ring (bicyclic) bond motifs is 1. The van der Waals surface area contributed by atoms with E-state index in [4.69, 9.17) is 0 Å². The average molecular weight is 351 g/mol. The summed E-state index contributed by atoms with van der Waals surface area (Å²) in [5.74, 6) is -2.01. The molecule has 26 heavy (non-hydrogen) atoms. The van der Waals surface area contributed by atoms with Gasteiger partial charge < -0.3 is 5.32 Å². The third kappa shape index (κ3) is 3.77. The summed E-state index contributed by atoms with van der Waals surface area (Å²) >= 11 is 0. The Morgan fingerprint density at radius 3 is 1.92 bits per heavy atom. The Hall–Kier alpha value is -3.48. The number of hydrogen-bond donors (Lipinski definition) is 2. The van der Waals surface area contributed by atoms with Gasteiger partial charge in [0.2, 0.25) is 11.8 Å². The second-order valence-electron chi connectivity index (χ2n) is 5.79. The smallest absolute Gasteiger partial charge is 0.280 e. The van der Waals surface area contributed by atoms with Gasteiger partial charge in [0.15, 0.2) is 0 Å². The van der Waals surface area contributed by atoms with Gasteiger partial charge in [0.25, 0.3) is 11.8 Å². The third-order valence-corrected chi connectivity index (χ3v) is 3.94. The summed E-state index contributed by atoms with van der Waals surface area (Å²) in [5.41, 5.74) is 3.72. The fraction of sp³-hybridized carbons (Fsp3) is 0.158. The van der Waals surface area contributed by atoms with E-state index in [0.717, 1.165) is 5.56 Å². The van der Waals surface area contributed by atoms with Crippen LogP contribution in [0.2, 0.25) is 0 Å². The topological polar surface area (TPSA) is 95.6 Å². The van der Waals surface area contributed by atoms with Gasteiger partial charge in [0, 0.05) is 19.4 Å². The van der Waals surface area contributed by atoms with Gasteiger partial charge >= 0.3 is 0 Å². The molecule has 0 unspecified atom stereocenters. The molecule has 1 aliphatic rings. The molecular formula is C19H17N3O4. The number of amides is 4. The Balaban J connectivity index is 1.47. The monoisotopic (exact) mass is 351 g/mol. The minimum absolute atomic E-state index is 0.0398. The quantitative estimate of drug-likeness (QED) is 0.769. The summed E-state index contributed by atoms with van der Waals surface area (Å²) in [7, 11) is 0. The molecule has 3 rings (SSSR count). The van der Waals surface area contributed by atoms with Gasteiger partial charge in [-0.1, -0.05) is 42.5 Å². The van der Waals surface area contributed by atoms with Crippen LogP contribution in [0, 0.1) is 0 Å². The molecule has 0 spiro atoms. The van der Waals surface area contributed by atoms with Gasteiger partial charge in [-0.15, -0.1) is 0 Å². The molecule has 132 valence electrons. The van der Waals surface area contributed by atoms with E-state index in [-0.39, 0.29) is 29.9 Å². The summed E-state index contributed by atoms with van der Waals surface area (Å²) < 4.78 is 0. The van der Waals surface area contributed by atoms with Crippen LogP contribution in [0.5, 0.6) is 0 Å². The largest absolute Gasteiger partial charge is 0.352 e. The van der Waals surface area contributed by atoms with Crippen molar-refractivity contribution in [1.29, 1.82) is 0 Å². The first kappa shape index (κ1) is 17.3. The minimum Gasteiger partial charge on any atom is -0.352 e. The lowest BCUT2D eigenvalue weighted by Crippen LogP contribution is -2.46. The second-order valence-corrected chi connectivity index (χ2v) is 5.79. The van der Waals surface area contributed by atoms with Crippen LogP contribution in [0.4, 0.5) is 0 Å². The van der Waals surface area contributed by atoms with Crippen LogP contribution in [0.15, 0.2) is 54.6 Å². The first-order valence-corrected chi connectivity index (χ1v) is 8.14. The number of nitrogens with zero attached hydrogens (tertiary/aromatic N) is 1. The van der Waals surface area contributed by atoms with E-state index >= 15 is 0 Å². The Morgan fingerprint density at radius 1 is 0.769 bits per heavy atom. The van der Waals surface area contributed by atoms with Crippen molar-refractivity contribution >= 4 is 23.6 Å². The molecule has 7 heteroatoms. The summed E-state index contributed by atoms with van der Waals surface area (Å²) in [6.45, 7) is 0.375. The van der Waals surface area contributed by atoms with Crippen molar-refractivity contribution in [2.75, 3.05) is 0 Å². The molecule has 2 aromatic rings. The molecule has 2 N–H and O–H groups in total. The van der Waals surface area contributed by atoms with Crippen LogP contribution in [-0.4, -0.2) is 28.6 Å². The Morgan fingerprint density at radius 2 is 1.31 bits per heavy atom. The van der Waals surface area contributed by atoms with E-state index in [9.17, 15) is 19.2 Å². The molecule has 0 aliphatic carbocycles. The number of imide groups is 1. The van der Waals surface area contributed by atoms with E-state index in [1.165, 1.54) is 12.1 Å². The van der Waals surface area contributed by atoms with Gasteiger partial charge in [0.1, 0.15) is 0 Å². The van der Waals surface area contributed by atoms with Crippen molar-refractivity contribution in [3.63, 3.8) is 0 Å². The molecule has 0 radical (unpaired) electrons. The number of hydrazine groups is 1. The molecule has 7 nitrogen and oxygen atoms in total. The van der Waals surface area contributed by atoms with Crippen molar-refractivity contribution in [3.8, 4) is 0 Å². The van der Waals surface area contributed by atoms with Crippen LogP contribution < -0.4 is 10.7 Å². The molecule has 0 bridgehead atoms. The van der Waals surface area contributed by atoms with Crippen molar-refractivity contribution in [1.82, 2.24) is 15.8 Å². The number of carbonyl (C=O) groups excluding carboxylic acids is 4. The number of carbonyl (C=O) groups is 4. The van der Waals surface area contributed by atoms with Gasteiger partial charge in [-0.2, -0.15) is 5.01 Å². The highest BCUT2D eigenvalue weighted by Gasteiger charge is 2.36. The molecule has 0 saturated heterocycles. The Labute approximate surface area is 150 Å². The van der Waals surface area contributed by atoms with Crippen LogP contribution >= 0.6 is 0 Å². The van der Waals surface area contributed by atoms with Crippen LogP contribution in [0.3, 0.4) is 0 Å².